The summed E-state index contributed by atoms with van der Waals surface area (Å²) in [5, 5.41) is 2.92. The molecule has 1 saturated heterocycles. The summed E-state index contributed by atoms with van der Waals surface area (Å²) in [6, 6.07) is 16.8. The average Bonchev–Trinajstić information content (AvgIpc) is 2.80. The highest BCUT2D eigenvalue weighted by Gasteiger charge is 2.26. The fraction of sp³-hybridized carbons (Fsp3) is 0.417. The Kier molecular flexibility index (Phi) is 7.14. The minimum Gasteiger partial charge on any atom is -0.355 e. The molecule has 0 unspecified atom stereocenters. The van der Waals surface area contributed by atoms with Gasteiger partial charge in [0.05, 0.1) is 17.9 Å². The maximum atomic E-state index is 12.9. The highest BCUT2D eigenvalue weighted by molar-refractivity contribution is 7.99. The molecule has 7 heteroatoms. The number of piperazine rings is 1. The molecule has 2 heterocycles. The van der Waals surface area contributed by atoms with Gasteiger partial charge in [0.25, 0.3) is 0 Å². The van der Waals surface area contributed by atoms with E-state index in [4.69, 9.17) is 0 Å². The fourth-order valence-electron chi connectivity index (χ4n) is 4.07. The number of benzene rings is 2. The number of amides is 2. The van der Waals surface area contributed by atoms with Crippen LogP contribution in [0.1, 0.15) is 19.8 Å². The first-order valence-corrected chi connectivity index (χ1v) is 11.9. The SMILES string of the molecule is CCCNC(=O)CN1CCN(C(=O)CCN2c3ccccc3Sc3ccccc32)CC1. The molecule has 0 saturated carbocycles. The Morgan fingerprint density at radius 1 is 0.935 bits per heavy atom. The minimum atomic E-state index is 0.0712. The predicted octanol–water partition coefficient (Wildman–Crippen LogP) is 3.35. The molecule has 2 aromatic carbocycles. The van der Waals surface area contributed by atoms with E-state index in [0.717, 1.165) is 26.1 Å². The van der Waals surface area contributed by atoms with E-state index in [2.05, 4.69) is 63.6 Å². The van der Waals surface area contributed by atoms with Gasteiger partial charge < -0.3 is 15.1 Å². The summed E-state index contributed by atoms with van der Waals surface area (Å²) in [5.41, 5.74) is 2.34. The predicted molar refractivity (Wildman–Crippen MR) is 125 cm³/mol. The zero-order chi connectivity index (χ0) is 21.6. The normalized spacial score (nSPS) is 15.9. The van der Waals surface area contributed by atoms with E-state index in [1.54, 1.807) is 11.8 Å². The molecule has 0 atom stereocenters. The number of fused-ring (bicyclic) bond motifs is 2. The van der Waals surface area contributed by atoms with Crippen LogP contribution >= 0.6 is 11.8 Å². The van der Waals surface area contributed by atoms with Gasteiger partial charge in [0.1, 0.15) is 0 Å². The molecule has 2 amide bonds. The number of carbonyl (C=O) groups is 2. The molecule has 1 N–H and O–H groups in total. The largest absolute Gasteiger partial charge is 0.355 e. The van der Waals surface area contributed by atoms with E-state index in [9.17, 15) is 9.59 Å². The third-order valence-corrected chi connectivity index (χ3v) is 6.88. The Balaban J connectivity index is 1.32. The molecule has 31 heavy (non-hydrogen) atoms. The lowest BCUT2D eigenvalue weighted by Gasteiger charge is -2.36. The van der Waals surface area contributed by atoms with Gasteiger partial charge in [-0.15, -0.1) is 0 Å². The van der Waals surface area contributed by atoms with E-state index in [1.165, 1.54) is 21.2 Å². The van der Waals surface area contributed by atoms with Crippen LogP contribution in [-0.4, -0.2) is 67.4 Å². The zero-order valence-corrected chi connectivity index (χ0v) is 18.9. The topological polar surface area (TPSA) is 55.9 Å². The molecule has 0 aliphatic carbocycles. The second kappa shape index (κ2) is 10.2. The lowest BCUT2D eigenvalue weighted by Crippen LogP contribution is -2.51. The molecule has 4 rings (SSSR count). The van der Waals surface area contributed by atoms with Crippen molar-refractivity contribution >= 4 is 35.0 Å². The standard InChI is InChI=1S/C24H30N4O2S/c1-2-12-25-23(29)18-26-14-16-27(17-15-26)24(30)11-13-28-19-7-3-5-9-21(19)31-22-10-6-4-8-20(22)28/h3-10H,2,11-18H2,1H3,(H,25,29). The zero-order valence-electron chi connectivity index (χ0n) is 18.0. The summed E-state index contributed by atoms with van der Waals surface area (Å²) < 4.78 is 0. The van der Waals surface area contributed by atoms with Crippen LogP contribution in [0.3, 0.4) is 0 Å². The van der Waals surface area contributed by atoms with Crippen molar-refractivity contribution in [3.63, 3.8) is 0 Å². The number of para-hydroxylation sites is 2. The summed E-state index contributed by atoms with van der Waals surface area (Å²) in [5.74, 6) is 0.255. The van der Waals surface area contributed by atoms with Crippen molar-refractivity contribution in [2.24, 2.45) is 0 Å². The van der Waals surface area contributed by atoms with Crippen LogP contribution < -0.4 is 10.2 Å². The number of hydrogen-bond donors (Lipinski definition) is 1. The van der Waals surface area contributed by atoms with Gasteiger partial charge in [0.2, 0.25) is 11.8 Å². The summed E-state index contributed by atoms with van der Waals surface area (Å²) in [6.45, 7) is 6.71. The maximum Gasteiger partial charge on any atom is 0.234 e. The van der Waals surface area contributed by atoms with Gasteiger partial charge in [-0.1, -0.05) is 43.0 Å². The Bertz CT molecular complexity index is 882. The molecule has 2 aromatic rings. The molecule has 6 nitrogen and oxygen atoms in total. The van der Waals surface area contributed by atoms with Gasteiger partial charge in [0.15, 0.2) is 0 Å². The van der Waals surface area contributed by atoms with Gasteiger partial charge in [-0.2, -0.15) is 0 Å². The van der Waals surface area contributed by atoms with E-state index < -0.39 is 0 Å². The monoisotopic (exact) mass is 438 g/mol. The van der Waals surface area contributed by atoms with Crippen molar-refractivity contribution in [3.8, 4) is 0 Å². The van der Waals surface area contributed by atoms with Gasteiger partial charge in [-0.05, 0) is 30.7 Å². The first kappa shape index (κ1) is 21.7. The number of rotatable bonds is 7. The van der Waals surface area contributed by atoms with E-state index in [1.807, 2.05) is 11.8 Å². The number of hydrogen-bond acceptors (Lipinski definition) is 5. The highest BCUT2D eigenvalue weighted by atomic mass is 32.2. The van der Waals surface area contributed by atoms with Crippen molar-refractivity contribution < 1.29 is 9.59 Å². The number of nitrogens with one attached hydrogen (secondary N) is 1. The summed E-state index contributed by atoms with van der Waals surface area (Å²) in [4.78, 5) is 33.6. The van der Waals surface area contributed by atoms with Crippen LogP contribution in [0.2, 0.25) is 0 Å². The van der Waals surface area contributed by atoms with Crippen molar-refractivity contribution in [3.05, 3.63) is 48.5 Å². The molecule has 0 bridgehead atoms. The average molecular weight is 439 g/mol. The van der Waals surface area contributed by atoms with Crippen LogP contribution in [-0.2, 0) is 9.59 Å². The quantitative estimate of drug-likeness (QED) is 0.719. The molecule has 0 spiro atoms. The summed E-state index contributed by atoms with van der Waals surface area (Å²) in [7, 11) is 0. The summed E-state index contributed by atoms with van der Waals surface area (Å²) >= 11 is 1.78. The Morgan fingerprint density at radius 2 is 1.55 bits per heavy atom. The van der Waals surface area contributed by atoms with Crippen molar-refractivity contribution in [1.82, 2.24) is 15.1 Å². The molecule has 1 fully saturated rings. The lowest BCUT2D eigenvalue weighted by atomic mass is 10.2. The summed E-state index contributed by atoms with van der Waals surface area (Å²) in [6.07, 6.45) is 1.42. The second-order valence-electron chi connectivity index (χ2n) is 7.95. The van der Waals surface area contributed by atoms with Crippen LogP contribution in [0.4, 0.5) is 11.4 Å². The Labute approximate surface area is 188 Å². The Morgan fingerprint density at radius 3 is 2.16 bits per heavy atom. The third kappa shape index (κ3) is 5.22. The number of carbonyl (C=O) groups excluding carboxylic acids is 2. The number of anilines is 2. The first-order valence-electron chi connectivity index (χ1n) is 11.1. The van der Waals surface area contributed by atoms with Crippen molar-refractivity contribution in [2.75, 3.05) is 50.7 Å². The lowest BCUT2D eigenvalue weighted by molar-refractivity contribution is -0.133. The van der Waals surface area contributed by atoms with Gasteiger partial charge in [-0.25, -0.2) is 0 Å². The van der Waals surface area contributed by atoms with Crippen molar-refractivity contribution in [2.45, 2.75) is 29.6 Å². The van der Waals surface area contributed by atoms with Crippen LogP contribution in [0.25, 0.3) is 0 Å². The molecular formula is C24H30N4O2S. The molecule has 164 valence electrons. The van der Waals surface area contributed by atoms with Gasteiger partial charge in [-0.3, -0.25) is 14.5 Å². The molecule has 0 aromatic heterocycles. The second-order valence-corrected chi connectivity index (χ2v) is 9.03. The Hall–Kier alpha value is -2.51. The minimum absolute atomic E-state index is 0.0712. The third-order valence-electron chi connectivity index (χ3n) is 5.75. The first-order chi connectivity index (χ1) is 15.2. The molecule has 2 aliphatic rings. The maximum absolute atomic E-state index is 12.9. The number of nitrogens with zero attached hydrogens (tertiary/aromatic N) is 3. The molecular weight excluding hydrogens is 408 g/mol. The fourth-order valence-corrected chi connectivity index (χ4v) is 5.16. The smallest absolute Gasteiger partial charge is 0.234 e. The molecule has 2 aliphatic heterocycles. The van der Waals surface area contributed by atoms with E-state index >= 15 is 0 Å². The van der Waals surface area contributed by atoms with Gasteiger partial charge in [0, 0.05) is 55.5 Å². The van der Waals surface area contributed by atoms with Crippen LogP contribution in [0.15, 0.2) is 58.3 Å². The van der Waals surface area contributed by atoms with E-state index in [0.29, 0.717) is 32.6 Å². The highest BCUT2D eigenvalue weighted by Crippen LogP contribution is 2.47. The van der Waals surface area contributed by atoms with Crippen LogP contribution in [0, 0.1) is 0 Å². The van der Waals surface area contributed by atoms with Crippen molar-refractivity contribution in [1.29, 1.82) is 0 Å². The van der Waals surface area contributed by atoms with Gasteiger partial charge >= 0.3 is 0 Å². The van der Waals surface area contributed by atoms with E-state index in [-0.39, 0.29) is 11.8 Å². The molecule has 0 radical (unpaired) electrons. The van der Waals surface area contributed by atoms with Crippen LogP contribution in [0.5, 0.6) is 0 Å².